The number of hydrogen-bond donors (Lipinski definition) is 2. The van der Waals surface area contributed by atoms with Crippen molar-refractivity contribution in [3.63, 3.8) is 0 Å². The van der Waals surface area contributed by atoms with Gasteiger partial charge in [0, 0.05) is 29.8 Å². The molecule has 0 aliphatic heterocycles. The van der Waals surface area contributed by atoms with Crippen LogP contribution in [0, 0.1) is 13.8 Å². The van der Waals surface area contributed by atoms with E-state index in [0.717, 1.165) is 16.9 Å². The number of aryl methyl sites for hydroxylation is 2. The summed E-state index contributed by atoms with van der Waals surface area (Å²) in [6.45, 7) is 4.99. The summed E-state index contributed by atoms with van der Waals surface area (Å²) in [6, 6.07) is 19.5. The van der Waals surface area contributed by atoms with Crippen molar-refractivity contribution in [2.24, 2.45) is 0 Å². The molecule has 3 aromatic carbocycles. The Bertz CT molecular complexity index is 1260. The van der Waals surface area contributed by atoms with Crippen molar-refractivity contribution >= 4 is 34.9 Å². The van der Waals surface area contributed by atoms with Gasteiger partial charge in [-0.1, -0.05) is 18.2 Å². The van der Waals surface area contributed by atoms with E-state index in [1.807, 2.05) is 26.0 Å². The maximum absolute atomic E-state index is 12.2. The molecule has 0 saturated heterocycles. The lowest BCUT2D eigenvalue weighted by molar-refractivity contribution is -0.147. The van der Waals surface area contributed by atoms with Crippen LogP contribution in [0.1, 0.15) is 47.7 Å². The minimum atomic E-state index is -0.576. The van der Waals surface area contributed by atoms with Gasteiger partial charge in [-0.25, -0.2) is 0 Å². The van der Waals surface area contributed by atoms with Crippen LogP contribution >= 0.6 is 0 Å². The van der Waals surface area contributed by atoms with Crippen molar-refractivity contribution in [2.75, 3.05) is 17.2 Å². The number of rotatable bonds is 11. The second-order valence-corrected chi connectivity index (χ2v) is 8.70. The molecule has 3 rings (SSSR count). The molecule has 3 aromatic rings. The first-order chi connectivity index (χ1) is 17.7. The SMILES string of the molecule is CC(=O)c1cccc(NC(=O)COC(=O)CCCC(=O)Nc2ccc(Oc3cc(C)cc(C)c3)cc2)c1. The number of ketones is 1. The minimum Gasteiger partial charge on any atom is -0.457 e. The Labute approximate surface area is 216 Å². The molecular weight excluding hydrogens is 472 g/mol. The average Bonchev–Trinajstić information content (AvgIpc) is 2.83. The van der Waals surface area contributed by atoms with Crippen LogP contribution in [0.15, 0.2) is 66.7 Å². The first-order valence-electron chi connectivity index (χ1n) is 11.9. The normalized spacial score (nSPS) is 10.4. The van der Waals surface area contributed by atoms with Crippen LogP contribution in [0.2, 0.25) is 0 Å². The zero-order chi connectivity index (χ0) is 26.8. The molecule has 0 unspecified atom stereocenters. The van der Waals surface area contributed by atoms with Crippen LogP contribution < -0.4 is 15.4 Å². The molecular formula is C29H30N2O6. The largest absolute Gasteiger partial charge is 0.457 e. The second kappa shape index (κ2) is 13.0. The first-order valence-corrected chi connectivity index (χ1v) is 11.9. The number of hydrogen-bond acceptors (Lipinski definition) is 6. The fraction of sp³-hybridized carbons (Fsp3) is 0.241. The molecule has 37 heavy (non-hydrogen) atoms. The summed E-state index contributed by atoms with van der Waals surface area (Å²) in [4.78, 5) is 47.5. The number of amides is 2. The van der Waals surface area contributed by atoms with E-state index in [9.17, 15) is 19.2 Å². The lowest BCUT2D eigenvalue weighted by Gasteiger charge is -2.10. The molecule has 0 aromatic heterocycles. The standard InChI is InChI=1S/C29H30N2O6/c1-19-14-20(2)16-26(15-19)37-25-12-10-23(11-13-25)30-27(33)8-5-9-29(35)36-18-28(34)31-24-7-4-6-22(17-24)21(3)32/h4,6-7,10-17H,5,8-9,18H2,1-3H3,(H,30,33)(H,31,34). The van der Waals surface area contributed by atoms with Gasteiger partial charge in [-0.15, -0.1) is 0 Å². The number of carbonyl (C=O) groups is 4. The third-order valence-corrected chi connectivity index (χ3v) is 5.27. The highest BCUT2D eigenvalue weighted by molar-refractivity contribution is 5.97. The van der Waals surface area contributed by atoms with E-state index in [-0.39, 0.29) is 31.0 Å². The molecule has 0 bridgehead atoms. The summed E-state index contributed by atoms with van der Waals surface area (Å²) in [5.74, 6) is -0.0445. The number of carbonyl (C=O) groups excluding carboxylic acids is 4. The Hall–Kier alpha value is -4.46. The Balaban J connectivity index is 1.35. The van der Waals surface area contributed by atoms with Gasteiger partial charge in [0.2, 0.25) is 5.91 Å². The van der Waals surface area contributed by atoms with Crippen LogP contribution in [0.3, 0.4) is 0 Å². The van der Waals surface area contributed by atoms with Gasteiger partial charge in [0.05, 0.1) is 0 Å². The number of anilines is 2. The minimum absolute atomic E-state index is 0.00318. The van der Waals surface area contributed by atoms with Gasteiger partial charge in [0.1, 0.15) is 11.5 Å². The Morgan fingerprint density at radius 1 is 0.730 bits per heavy atom. The summed E-state index contributed by atoms with van der Waals surface area (Å²) in [6.07, 6.45) is 0.407. The smallest absolute Gasteiger partial charge is 0.306 e. The number of Topliss-reactive ketones (excluding diaryl/α,β-unsaturated/α-hetero) is 1. The first kappa shape index (κ1) is 27.1. The molecule has 2 N–H and O–H groups in total. The van der Waals surface area contributed by atoms with Gasteiger partial charge >= 0.3 is 5.97 Å². The highest BCUT2D eigenvalue weighted by Crippen LogP contribution is 2.25. The lowest BCUT2D eigenvalue weighted by atomic mass is 10.1. The van der Waals surface area contributed by atoms with Gasteiger partial charge in [-0.2, -0.15) is 0 Å². The molecule has 0 radical (unpaired) electrons. The van der Waals surface area contributed by atoms with Crippen LogP contribution in [-0.2, 0) is 19.1 Å². The summed E-state index contributed by atoms with van der Waals surface area (Å²) in [5.41, 5.74) is 3.75. The van der Waals surface area contributed by atoms with Crippen LogP contribution in [0.5, 0.6) is 11.5 Å². The molecule has 8 heteroatoms. The van der Waals surface area contributed by atoms with Crippen LogP contribution in [0.25, 0.3) is 0 Å². The quantitative estimate of drug-likeness (QED) is 0.261. The summed E-state index contributed by atoms with van der Waals surface area (Å²) in [7, 11) is 0. The maximum Gasteiger partial charge on any atom is 0.306 e. The monoisotopic (exact) mass is 502 g/mol. The van der Waals surface area contributed by atoms with Crippen LogP contribution in [-0.4, -0.2) is 30.2 Å². The molecule has 0 fully saturated rings. The summed E-state index contributed by atoms with van der Waals surface area (Å²) < 4.78 is 10.8. The Kier molecular flexibility index (Phi) is 9.55. The van der Waals surface area contributed by atoms with Gasteiger partial charge < -0.3 is 20.1 Å². The van der Waals surface area contributed by atoms with E-state index in [1.165, 1.54) is 6.92 Å². The third-order valence-electron chi connectivity index (χ3n) is 5.27. The van der Waals surface area contributed by atoms with E-state index < -0.39 is 18.5 Å². The number of nitrogens with one attached hydrogen (secondary N) is 2. The topological polar surface area (TPSA) is 111 Å². The van der Waals surface area contributed by atoms with E-state index in [1.54, 1.807) is 48.5 Å². The van der Waals surface area contributed by atoms with Gasteiger partial charge in [-0.05, 0) is 86.8 Å². The van der Waals surface area contributed by atoms with Crippen molar-refractivity contribution in [3.05, 3.63) is 83.4 Å². The zero-order valence-corrected chi connectivity index (χ0v) is 21.1. The predicted molar refractivity (Wildman–Crippen MR) is 141 cm³/mol. The zero-order valence-electron chi connectivity index (χ0n) is 21.1. The van der Waals surface area contributed by atoms with E-state index in [0.29, 0.717) is 22.7 Å². The molecule has 0 aliphatic carbocycles. The Morgan fingerprint density at radius 2 is 1.41 bits per heavy atom. The highest BCUT2D eigenvalue weighted by Gasteiger charge is 2.11. The van der Waals surface area contributed by atoms with Gasteiger partial charge in [0.25, 0.3) is 5.91 Å². The fourth-order valence-corrected chi connectivity index (χ4v) is 3.58. The van der Waals surface area contributed by atoms with Crippen molar-refractivity contribution in [2.45, 2.75) is 40.0 Å². The fourth-order valence-electron chi connectivity index (χ4n) is 3.58. The molecule has 0 spiro atoms. The summed E-state index contributed by atoms with van der Waals surface area (Å²) in [5, 5.41) is 5.36. The van der Waals surface area contributed by atoms with Crippen molar-refractivity contribution in [3.8, 4) is 11.5 Å². The number of esters is 1. The second-order valence-electron chi connectivity index (χ2n) is 8.70. The number of benzene rings is 3. The van der Waals surface area contributed by atoms with E-state index in [4.69, 9.17) is 9.47 Å². The Morgan fingerprint density at radius 3 is 2.08 bits per heavy atom. The molecule has 8 nitrogen and oxygen atoms in total. The van der Waals surface area contributed by atoms with Gasteiger partial charge in [0.15, 0.2) is 12.4 Å². The predicted octanol–water partition coefficient (Wildman–Crippen LogP) is 5.59. The molecule has 0 atom stereocenters. The number of ether oxygens (including phenoxy) is 2. The maximum atomic E-state index is 12.2. The van der Waals surface area contributed by atoms with Crippen molar-refractivity contribution < 1.29 is 28.7 Å². The van der Waals surface area contributed by atoms with Crippen LogP contribution in [0.4, 0.5) is 11.4 Å². The van der Waals surface area contributed by atoms with Crippen molar-refractivity contribution in [1.82, 2.24) is 0 Å². The average molecular weight is 503 g/mol. The van der Waals surface area contributed by atoms with E-state index in [2.05, 4.69) is 16.7 Å². The van der Waals surface area contributed by atoms with Crippen molar-refractivity contribution in [1.29, 1.82) is 0 Å². The summed E-state index contributed by atoms with van der Waals surface area (Å²) >= 11 is 0. The lowest BCUT2D eigenvalue weighted by Crippen LogP contribution is -2.21. The molecule has 2 amide bonds. The van der Waals surface area contributed by atoms with E-state index >= 15 is 0 Å². The molecule has 0 heterocycles. The molecule has 0 saturated carbocycles. The van der Waals surface area contributed by atoms with Gasteiger partial charge in [-0.3, -0.25) is 19.2 Å². The molecule has 0 aliphatic rings. The highest BCUT2D eigenvalue weighted by atomic mass is 16.5. The third kappa shape index (κ3) is 9.25. The molecule has 192 valence electrons.